The highest BCUT2D eigenvalue weighted by atomic mass is 16.8. The van der Waals surface area contributed by atoms with Gasteiger partial charge in [0.25, 0.3) is 0 Å². The second-order valence-corrected chi connectivity index (χ2v) is 12.7. The van der Waals surface area contributed by atoms with Crippen LogP contribution in [0.1, 0.15) is 19.3 Å². The fourth-order valence-corrected chi connectivity index (χ4v) is 6.40. The molecule has 19 atom stereocenters. The van der Waals surface area contributed by atoms with Gasteiger partial charge in [0.05, 0.1) is 36.9 Å². The predicted molar refractivity (Wildman–Crippen MR) is 161 cm³/mol. The van der Waals surface area contributed by atoms with Crippen LogP contribution in [-0.4, -0.2) is 184 Å². The first-order valence-corrected chi connectivity index (χ1v) is 16.0. The second kappa shape index (κ2) is 17.3. The third kappa shape index (κ3) is 8.59. The van der Waals surface area contributed by atoms with E-state index in [1.54, 1.807) is 0 Å². The van der Waals surface area contributed by atoms with E-state index in [1.165, 1.54) is 0 Å². The van der Waals surface area contributed by atoms with Crippen LogP contribution in [0.5, 0.6) is 0 Å². The van der Waals surface area contributed by atoms with Crippen molar-refractivity contribution in [3.05, 3.63) is 0 Å². The largest absolute Gasteiger partial charge is 0.394 e. The average Bonchev–Trinajstić information content (AvgIpc) is 3.35. The number of rotatable bonds is 13. The number of aliphatic hydroxyl groups excluding tert-OH is 7. The van der Waals surface area contributed by atoms with E-state index in [1.807, 2.05) is 0 Å². The molecule has 1 saturated carbocycles. The molecule has 4 aliphatic rings. The third-order valence-corrected chi connectivity index (χ3v) is 9.25. The molecule has 21 nitrogen and oxygen atoms in total. The molecule has 4 rings (SSSR count). The van der Waals surface area contributed by atoms with Gasteiger partial charge in [-0.25, -0.2) is 0 Å². The van der Waals surface area contributed by atoms with Crippen molar-refractivity contribution in [2.45, 2.75) is 136 Å². The van der Waals surface area contributed by atoms with Crippen LogP contribution in [0, 0.1) is 0 Å². The van der Waals surface area contributed by atoms with E-state index in [0.717, 1.165) is 0 Å². The Morgan fingerprint density at radius 3 is 1.96 bits per heavy atom. The molecule has 0 unspecified atom stereocenters. The normalized spacial score (nSPS) is 47.5. The van der Waals surface area contributed by atoms with Crippen LogP contribution in [0.4, 0.5) is 0 Å². The number of hydrogen-bond donors (Lipinski definition) is 14. The summed E-state index contributed by atoms with van der Waals surface area (Å²) in [6.45, 7) is -0.897. The van der Waals surface area contributed by atoms with Crippen LogP contribution in [-0.2, 0) is 33.2 Å². The third-order valence-electron chi connectivity index (χ3n) is 9.25. The minimum absolute atomic E-state index is 0.0263. The molecular formula is C27H53N7O14. The van der Waals surface area contributed by atoms with E-state index < -0.39 is 129 Å². The molecule has 1 amide bonds. The Kier molecular flexibility index (Phi) is 14.2. The summed E-state index contributed by atoms with van der Waals surface area (Å²) in [5.74, 6) is -0.815. The summed E-state index contributed by atoms with van der Waals surface area (Å²) >= 11 is 0. The van der Waals surface area contributed by atoms with Crippen molar-refractivity contribution in [2.75, 3.05) is 26.2 Å². The minimum Gasteiger partial charge on any atom is -0.394 e. The molecular weight excluding hydrogens is 646 g/mol. The lowest BCUT2D eigenvalue weighted by Crippen LogP contribution is -2.67. The Morgan fingerprint density at radius 2 is 1.33 bits per heavy atom. The molecule has 0 aromatic carbocycles. The Bertz CT molecular complexity index is 1030. The van der Waals surface area contributed by atoms with Crippen LogP contribution in [0.3, 0.4) is 0 Å². The standard InChI is InChI=1S/C27H53N7O14/c28-2-1-11(36)24(42)34-10-3-8(31)21(46-25-9(32)4-12(37)13(5-29)43-25)23(17(10)38)48-27-20(41)22(15(7-35)45-27)47-26-16(33)19(40)18(39)14(6-30)44-26/h8-23,25-27,35-41H,1-7,28-33H2,(H,34,42)/t8-,9+,10+,11-,12+,13+,14-,15+,16+,17-,18+,19+,20+,21+,22+,23+,25+,26+,27-/m0/s1. The van der Waals surface area contributed by atoms with Crippen molar-refractivity contribution >= 4 is 5.91 Å². The molecule has 280 valence electrons. The summed E-state index contributed by atoms with van der Waals surface area (Å²) in [5.41, 5.74) is 35.5. The van der Waals surface area contributed by atoms with Gasteiger partial charge in [0.15, 0.2) is 18.9 Å². The zero-order chi connectivity index (χ0) is 35.4. The van der Waals surface area contributed by atoms with Gasteiger partial charge in [-0.05, 0) is 25.8 Å². The predicted octanol–water partition coefficient (Wildman–Crippen LogP) is -9.00. The van der Waals surface area contributed by atoms with Gasteiger partial charge >= 0.3 is 0 Å². The Morgan fingerprint density at radius 1 is 0.729 bits per heavy atom. The molecule has 4 fully saturated rings. The summed E-state index contributed by atoms with van der Waals surface area (Å²) in [7, 11) is 0. The molecule has 48 heavy (non-hydrogen) atoms. The van der Waals surface area contributed by atoms with Gasteiger partial charge in [0, 0.05) is 19.1 Å². The highest BCUT2D eigenvalue weighted by molar-refractivity contribution is 5.80. The molecule has 1 aliphatic carbocycles. The number of aliphatic hydroxyl groups is 7. The molecule has 3 saturated heterocycles. The first-order valence-electron chi connectivity index (χ1n) is 16.0. The van der Waals surface area contributed by atoms with Gasteiger partial charge in [0.2, 0.25) is 5.91 Å². The van der Waals surface area contributed by atoms with E-state index in [9.17, 15) is 40.5 Å². The van der Waals surface area contributed by atoms with Crippen LogP contribution in [0.2, 0.25) is 0 Å². The summed E-state index contributed by atoms with van der Waals surface area (Å²) < 4.78 is 35.2. The maximum atomic E-state index is 12.6. The summed E-state index contributed by atoms with van der Waals surface area (Å²) in [6, 6.07) is -4.17. The zero-order valence-electron chi connectivity index (χ0n) is 26.4. The maximum Gasteiger partial charge on any atom is 0.249 e. The first kappa shape index (κ1) is 39.5. The summed E-state index contributed by atoms with van der Waals surface area (Å²) in [5, 5.41) is 76.4. The Balaban J connectivity index is 1.55. The molecule has 21 heteroatoms. The SMILES string of the molecule is NCC[C@H](O)C(=O)N[C@@H]1C[C@H](N)[C@@H](O[C@H]2O[C@H](CN)[C@H](O)C[C@H]2N)[C@H](O[C@@H]2O[C@H](CO)[C@@H](O[C@H]3O[C@@H](CN)[C@@H](O)[C@H](O)[C@H]3N)[C@H]2O)[C@H]1O. The van der Waals surface area contributed by atoms with Gasteiger partial charge in [-0.3, -0.25) is 4.79 Å². The number of nitrogens with two attached hydrogens (primary N) is 6. The highest BCUT2D eigenvalue weighted by Gasteiger charge is 2.54. The first-order chi connectivity index (χ1) is 22.8. The lowest BCUT2D eigenvalue weighted by atomic mass is 9.83. The summed E-state index contributed by atoms with van der Waals surface area (Å²) in [6.07, 6.45) is -19.9. The van der Waals surface area contributed by atoms with Crippen molar-refractivity contribution in [1.29, 1.82) is 0 Å². The molecule has 3 aliphatic heterocycles. The quantitative estimate of drug-likeness (QED) is 0.0848. The topological polar surface area (TPSA) is 382 Å². The molecule has 3 heterocycles. The second-order valence-electron chi connectivity index (χ2n) is 12.7. The van der Waals surface area contributed by atoms with Crippen LogP contribution < -0.4 is 39.7 Å². The van der Waals surface area contributed by atoms with Crippen molar-refractivity contribution in [3.63, 3.8) is 0 Å². The smallest absolute Gasteiger partial charge is 0.249 e. The van der Waals surface area contributed by atoms with Crippen LogP contribution in [0.25, 0.3) is 0 Å². The fraction of sp³-hybridized carbons (Fsp3) is 0.963. The molecule has 0 aromatic heterocycles. The van der Waals surface area contributed by atoms with Crippen molar-refractivity contribution in [1.82, 2.24) is 5.32 Å². The van der Waals surface area contributed by atoms with E-state index in [4.69, 9.17) is 62.8 Å². The number of amides is 1. The average molecular weight is 700 g/mol. The number of carbonyl (C=O) groups excluding carboxylic acids is 1. The molecule has 0 bridgehead atoms. The van der Waals surface area contributed by atoms with Crippen molar-refractivity contribution in [2.24, 2.45) is 34.4 Å². The van der Waals surface area contributed by atoms with Gasteiger partial charge in [-0.15, -0.1) is 0 Å². The molecule has 0 aromatic rings. The number of hydrogen-bond acceptors (Lipinski definition) is 20. The van der Waals surface area contributed by atoms with Crippen molar-refractivity contribution in [3.8, 4) is 0 Å². The molecule has 0 radical (unpaired) electrons. The lowest BCUT2D eigenvalue weighted by molar-refractivity contribution is -0.296. The zero-order valence-corrected chi connectivity index (χ0v) is 26.4. The minimum atomic E-state index is -1.67. The number of ether oxygens (including phenoxy) is 6. The van der Waals surface area contributed by atoms with Crippen LogP contribution in [0.15, 0.2) is 0 Å². The Hall–Kier alpha value is -1.29. The Labute approximate surface area is 276 Å². The lowest BCUT2D eigenvalue weighted by Gasteiger charge is -2.47. The van der Waals surface area contributed by atoms with E-state index in [-0.39, 0.29) is 38.9 Å². The van der Waals surface area contributed by atoms with E-state index in [2.05, 4.69) is 5.32 Å². The van der Waals surface area contributed by atoms with Crippen LogP contribution >= 0.6 is 0 Å². The number of carbonyl (C=O) groups is 1. The van der Waals surface area contributed by atoms with Crippen molar-refractivity contribution < 1.29 is 69.0 Å². The van der Waals surface area contributed by atoms with Gasteiger partial charge in [0.1, 0.15) is 61.0 Å². The fourth-order valence-electron chi connectivity index (χ4n) is 6.40. The van der Waals surface area contributed by atoms with Gasteiger partial charge in [-0.2, -0.15) is 0 Å². The molecule has 20 N–H and O–H groups in total. The summed E-state index contributed by atoms with van der Waals surface area (Å²) in [4.78, 5) is 12.6. The number of nitrogens with one attached hydrogen (secondary N) is 1. The highest BCUT2D eigenvalue weighted by Crippen LogP contribution is 2.34. The van der Waals surface area contributed by atoms with Gasteiger partial charge < -0.3 is 104 Å². The molecule has 0 spiro atoms. The van der Waals surface area contributed by atoms with E-state index >= 15 is 0 Å². The monoisotopic (exact) mass is 699 g/mol. The maximum absolute atomic E-state index is 12.6. The van der Waals surface area contributed by atoms with E-state index in [0.29, 0.717) is 0 Å². The van der Waals surface area contributed by atoms with Gasteiger partial charge in [-0.1, -0.05) is 0 Å².